The number of rotatable bonds is 3. The lowest BCUT2D eigenvalue weighted by Gasteiger charge is -2.21. The Balaban J connectivity index is 1.69. The van der Waals surface area contributed by atoms with Crippen molar-refractivity contribution >= 4 is 17.4 Å². The molecule has 19 heavy (non-hydrogen) atoms. The SMILES string of the molecule is Nc1ccccc1N1CCN(CC2CCOC2)C1=O. The standard InChI is InChI=1S/C14H19N3O2/c15-12-3-1-2-4-13(12)17-7-6-16(14(17)18)9-11-5-8-19-10-11/h1-4,11H,5-10,15H2. The van der Waals surface area contributed by atoms with Crippen molar-refractivity contribution in [1.82, 2.24) is 4.90 Å². The molecule has 1 aromatic rings. The fraction of sp³-hybridized carbons (Fsp3) is 0.500. The largest absolute Gasteiger partial charge is 0.397 e. The lowest BCUT2D eigenvalue weighted by Crippen LogP contribution is -2.35. The molecule has 2 aliphatic rings. The lowest BCUT2D eigenvalue weighted by atomic mass is 10.1. The predicted octanol–water partition coefficient (Wildman–Crippen LogP) is 1.55. The third-order valence-corrected chi connectivity index (χ3v) is 3.83. The Morgan fingerprint density at radius 1 is 1.32 bits per heavy atom. The average Bonchev–Trinajstić information content (AvgIpc) is 3.03. The molecule has 0 aromatic heterocycles. The van der Waals surface area contributed by atoms with Crippen molar-refractivity contribution < 1.29 is 9.53 Å². The van der Waals surface area contributed by atoms with Crippen molar-refractivity contribution in [2.24, 2.45) is 5.92 Å². The van der Waals surface area contributed by atoms with Crippen molar-refractivity contribution in [1.29, 1.82) is 0 Å². The van der Waals surface area contributed by atoms with Crippen LogP contribution in [-0.4, -0.2) is 43.8 Å². The number of benzene rings is 1. The lowest BCUT2D eigenvalue weighted by molar-refractivity contribution is 0.173. The molecule has 2 fully saturated rings. The number of carbonyl (C=O) groups is 1. The van der Waals surface area contributed by atoms with E-state index in [0.717, 1.165) is 38.4 Å². The number of hydrogen-bond donors (Lipinski definition) is 1. The molecular formula is C14H19N3O2. The summed E-state index contributed by atoms with van der Waals surface area (Å²) in [5, 5.41) is 0. The second kappa shape index (κ2) is 5.09. The van der Waals surface area contributed by atoms with E-state index in [1.165, 1.54) is 0 Å². The highest BCUT2D eigenvalue weighted by molar-refractivity contribution is 5.97. The van der Waals surface area contributed by atoms with Gasteiger partial charge in [-0.25, -0.2) is 4.79 Å². The Labute approximate surface area is 112 Å². The first-order valence-electron chi connectivity index (χ1n) is 6.74. The number of amides is 2. The van der Waals surface area contributed by atoms with E-state index in [-0.39, 0.29) is 6.03 Å². The van der Waals surface area contributed by atoms with E-state index in [1.807, 2.05) is 29.2 Å². The molecule has 2 heterocycles. The number of hydrogen-bond acceptors (Lipinski definition) is 3. The Morgan fingerprint density at radius 2 is 2.16 bits per heavy atom. The van der Waals surface area contributed by atoms with Gasteiger partial charge in [0.2, 0.25) is 0 Å². The maximum absolute atomic E-state index is 12.4. The van der Waals surface area contributed by atoms with Crippen LogP contribution < -0.4 is 10.6 Å². The zero-order valence-electron chi connectivity index (χ0n) is 10.9. The van der Waals surface area contributed by atoms with Crippen LogP contribution in [0.5, 0.6) is 0 Å². The summed E-state index contributed by atoms with van der Waals surface area (Å²) in [7, 11) is 0. The van der Waals surface area contributed by atoms with E-state index in [0.29, 0.717) is 18.2 Å². The summed E-state index contributed by atoms with van der Waals surface area (Å²) >= 11 is 0. The van der Waals surface area contributed by atoms with Gasteiger partial charge in [0.1, 0.15) is 0 Å². The van der Waals surface area contributed by atoms with Crippen LogP contribution in [0.25, 0.3) is 0 Å². The van der Waals surface area contributed by atoms with Crippen LogP contribution in [0.4, 0.5) is 16.2 Å². The zero-order valence-corrected chi connectivity index (χ0v) is 10.9. The molecule has 0 aliphatic carbocycles. The number of nitrogens with zero attached hydrogens (tertiary/aromatic N) is 2. The van der Waals surface area contributed by atoms with Gasteiger partial charge >= 0.3 is 6.03 Å². The molecule has 2 N–H and O–H groups in total. The Bertz CT molecular complexity index is 472. The number of para-hydroxylation sites is 2. The molecule has 2 saturated heterocycles. The molecule has 2 aliphatic heterocycles. The third kappa shape index (κ3) is 2.38. The molecule has 1 atom stereocenters. The van der Waals surface area contributed by atoms with Crippen LogP contribution in [0.2, 0.25) is 0 Å². The molecule has 2 amide bonds. The number of urea groups is 1. The summed E-state index contributed by atoms with van der Waals surface area (Å²) in [5.74, 6) is 0.483. The van der Waals surface area contributed by atoms with E-state index >= 15 is 0 Å². The van der Waals surface area contributed by atoms with Gasteiger partial charge in [-0.2, -0.15) is 0 Å². The average molecular weight is 261 g/mol. The van der Waals surface area contributed by atoms with Crippen LogP contribution >= 0.6 is 0 Å². The monoisotopic (exact) mass is 261 g/mol. The Kier molecular flexibility index (Phi) is 3.29. The van der Waals surface area contributed by atoms with Crippen molar-refractivity contribution in [3.63, 3.8) is 0 Å². The van der Waals surface area contributed by atoms with E-state index in [2.05, 4.69) is 0 Å². The van der Waals surface area contributed by atoms with Crippen molar-refractivity contribution in [2.75, 3.05) is 43.5 Å². The van der Waals surface area contributed by atoms with Crippen molar-refractivity contribution in [2.45, 2.75) is 6.42 Å². The molecule has 5 nitrogen and oxygen atoms in total. The fourth-order valence-electron chi connectivity index (χ4n) is 2.75. The number of carbonyl (C=O) groups excluding carboxylic acids is 1. The van der Waals surface area contributed by atoms with E-state index < -0.39 is 0 Å². The minimum Gasteiger partial charge on any atom is -0.397 e. The van der Waals surface area contributed by atoms with Gasteiger partial charge < -0.3 is 15.4 Å². The minimum atomic E-state index is 0.0600. The smallest absolute Gasteiger partial charge is 0.324 e. The number of ether oxygens (including phenoxy) is 1. The second-order valence-electron chi connectivity index (χ2n) is 5.17. The molecular weight excluding hydrogens is 242 g/mol. The summed E-state index contributed by atoms with van der Waals surface area (Å²) in [4.78, 5) is 16.1. The molecule has 0 radical (unpaired) electrons. The normalized spacial score (nSPS) is 23.4. The summed E-state index contributed by atoms with van der Waals surface area (Å²) in [6, 6.07) is 7.58. The topological polar surface area (TPSA) is 58.8 Å². The highest BCUT2D eigenvalue weighted by Crippen LogP contribution is 2.27. The Morgan fingerprint density at radius 3 is 2.89 bits per heavy atom. The summed E-state index contributed by atoms with van der Waals surface area (Å²) in [6.45, 7) is 3.87. The highest BCUT2D eigenvalue weighted by atomic mass is 16.5. The quantitative estimate of drug-likeness (QED) is 0.840. The number of nitrogens with two attached hydrogens (primary N) is 1. The summed E-state index contributed by atoms with van der Waals surface area (Å²) in [6.07, 6.45) is 1.05. The second-order valence-corrected chi connectivity index (χ2v) is 5.17. The van der Waals surface area contributed by atoms with Crippen LogP contribution in [0, 0.1) is 5.92 Å². The van der Waals surface area contributed by atoms with Crippen LogP contribution in [0.3, 0.4) is 0 Å². The molecule has 0 bridgehead atoms. The van der Waals surface area contributed by atoms with Gasteiger partial charge in [0.05, 0.1) is 18.0 Å². The molecule has 3 rings (SSSR count). The molecule has 1 aromatic carbocycles. The highest BCUT2D eigenvalue weighted by Gasteiger charge is 2.32. The van der Waals surface area contributed by atoms with Crippen molar-refractivity contribution in [3.05, 3.63) is 24.3 Å². The van der Waals surface area contributed by atoms with Gasteiger partial charge in [0.25, 0.3) is 0 Å². The zero-order chi connectivity index (χ0) is 13.2. The van der Waals surface area contributed by atoms with Crippen LogP contribution in [0.1, 0.15) is 6.42 Å². The van der Waals surface area contributed by atoms with Gasteiger partial charge in [0.15, 0.2) is 0 Å². The predicted molar refractivity (Wildman–Crippen MR) is 74.1 cm³/mol. The van der Waals surface area contributed by atoms with Gasteiger partial charge in [-0.15, -0.1) is 0 Å². The van der Waals surface area contributed by atoms with E-state index in [9.17, 15) is 4.79 Å². The van der Waals surface area contributed by atoms with Crippen molar-refractivity contribution in [3.8, 4) is 0 Å². The first-order chi connectivity index (χ1) is 9.25. The maximum atomic E-state index is 12.4. The molecule has 1 unspecified atom stereocenters. The summed E-state index contributed by atoms with van der Waals surface area (Å²) < 4.78 is 5.36. The third-order valence-electron chi connectivity index (χ3n) is 3.83. The van der Waals surface area contributed by atoms with Gasteiger partial charge in [-0.3, -0.25) is 4.90 Å². The number of nitrogen functional groups attached to an aromatic ring is 1. The maximum Gasteiger partial charge on any atom is 0.324 e. The van der Waals surface area contributed by atoms with Gasteiger partial charge in [-0.05, 0) is 18.6 Å². The molecule has 5 heteroatoms. The van der Waals surface area contributed by atoms with Crippen LogP contribution in [0.15, 0.2) is 24.3 Å². The molecule has 0 saturated carbocycles. The Hall–Kier alpha value is -1.75. The van der Waals surface area contributed by atoms with Gasteiger partial charge in [-0.1, -0.05) is 12.1 Å². The van der Waals surface area contributed by atoms with Crippen LogP contribution in [-0.2, 0) is 4.74 Å². The van der Waals surface area contributed by atoms with E-state index in [4.69, 9.17) is 10.5 Å². The minimum absolute atomic E-state index is 0.0600. The summed E-state index contributed by atoms with van der Waals surface area (Å²) in [5.41, 5.74) is 7.41. The molecule has 102 valence electrons. The first-order valence-corrected chi connectivity index (χ1v) is 6.74. The number of anilines is 2. The van der Waals surface area contributed by atoms with Gasteiger partial charge in [0, 0.05) is 32.2 Å². The van der Waals surface area contributed by atoms with E-state index in [1.54, 1.807) is 4.90 Å². The first kappa shape index (κ1) is 12.3. The molecule has 0 spiro atoms. The fourth-order valence-corrected chi connectivity index (χ4v) is 2.75.